The smallest absolute Gasteiger partial charge is 0.263 e. The van der Waals surface area contributed by atoms with Gasteiger partial charge in [0.15, 0.2) is 0 Å². The first-order valence-corrected chi connectivity index (χ1v) is 7.40. The van der Waals surface area contributed by atoms with Crippen molar-refractivity contribution in [1.82, 2.24) is 4.90 Å². The number of rotatable bonds is 4. The molecule has 1 aromatic carbocycles. The number of hydrogen-bond donors (Lipinski definition) is 0. The Balaban J connectivity index is 2.17. The summed E-state index contributed by atoms with van der Waals surface area (Å²) >= 11 is 4.89. The fourth-order valence-electron chi connectivity index (χ4n) is 1.79. The summed E-state index contributed by atoms with van der Waals surface area (Å²) < 4.78 is 6.29. The average Bonchev–Trinajstić information content (AvgIpc) is 2.92. The Kier molecular flexibility index (Phi) is 4.61. The van der Waals surface area contributed by atoms with Crippen LogP contribution < -0.4 is 4.74 Å². The molecule has 5 heteroatoms. The van der Waals surface area contributed by atoms with Crippen molar-refractivity contribution in [3.05, 3.63) is 50.6 Å². The van der Waals surface area contributed by atoms with Crippen molar-refractivity contribution in [2.75, 3.05) is 14.2 Å². The maximum Gasteiger partial charge on any atom is 0.263 e. The Hall–Kier alpha value is -1.33. The van der Waals surface area contributed by atoms with Crippen LogP contribution in [-0.4, -0.2) is 25.0 Å². The van der Waals surface area contributed by atoms with Gasteiger partial charge < -0.3 is 9.64 Å². The van der Waals surface area contributed by atoms with Crippen LogP contribution in [0.5, 0.6) is 5.75 Å². The lowest BCUT2D eigenvalue weighted by atomic mass is 10.2. The molecule has 0 aliphatic heterocycles. The summed E-state index contributed by atoms with van der Waals surface area (Å²) in [7, 11) is 3.43. The number of carbonyl (C=O) groups excluding carboxylic acids is 1. The standard InChI is InChI=1S/C14H14BrNO2S/c1-16(14(17)13-4-3-7-19-13)9-10-8-11(15)5-6-12(10)18-2/h3-8H,9H2,1-2H3. The molecule has 3 nitrogen and oxygen atoms in total. The van der Waals surface area contributed by atoms with Crippen LogP contribution in [0.2, 0.25) is 0 Å². The molecule has 0 bridgehead atoms. The highest BCUT2D eigenvalue weighted by Crippen LogP contribution is 2.24. The molecule has 2 aromatic rings. The monoisotopic (exact) mass is 339 g/mol. The van der Waals surface area contributed by atoms with E-state index in [1.54, 1.807) is 19.1 Å². The summed E-state index contributed by atoms with van der Waals surface area (Å²) in [6.07, 6.45) is 0. The van der Waals surface area contributed by atoms with Gasteiger partial charge in [-0.05, 0) is 29.6 Å². The molecule has 0 N–H and O–H groups in total. The van der Waals surface area contributed by atoms with E-state index in [9.17, 15) is 4.79 Å². The maximum absolute atomic E-state index is 12.2. The lowest BCUT2D eigenvalue weighted by molar-refractivity contribution is 0.0789. The van der Waals surface area contributed by atoms with Crippen LogP contribution in [0.15, 0.2) is 40.2 Å². The summed E-state index contributed by atoms with van der Waals surface area (Å²) in [6, 6.07) is 9.50. The van der Waals surface area contributed by atoms with E-state index in [1.165, 1.54) is 11.3 Å². The molecular formula is C14H14BrNO2S. The van der Waals surface area contributed by atoms with Crippen LogP contribution in [0.3, 0.4) is 0 Å². The van der Waals surface area contributed by atoms with Gasteiger partial charge in [-0.3, -0.25) is 4.79 Å². The normalized spacial score (nSPS) is 10.3. The Morgan fingerprint density at radius 3 is 2.84 bits per heavy atom. The molecule has 1 amide bonds. The lowest BCUT2D eigenvalue weighted by Gasteiger charge is -2.18. The minimum Gasteiger partial charge on any atom is -0.496 e. The summed E-state index contributed by atoms with van der Waals surface area (Å²) in [5, 5.41) is 1.90. The number of amides is 1. The summed E-state index contributed by atoms with van der Waals surface area (Å²) in [6.45, 7) is 0.513. The molecule has 100 valence electrons. The van der Waals surface area contributed by atoms with E-state index in [0.717, 1.165) is 20.7 Å². The molecule has 0 saturated carbocycles. The minimum absolute atomic E-state index is 0.0250. The largest absolute Gasteiger partial charge is 0.496 e. The fraction of sp³-hybridized carbons (Fsp3) is 0.214. The second kappa shape index (κ2) is 6.21. The van der Waals surface area contributed by atoms with Gasteiger partial charge in [0.2, 0.25) is 0 Å². The Bertz CT molecular complexity index is 569. The Labute approximate surface area is 124 Å². The molecule has 0 unspecified atom stereocenters. The molecule has 0 aliphatic rings. The molecule has 0 radical (unpaired) electrons. The number of thiophene rings is 1. The van der Waals surface area contributed by atoms with Gasteiger partial charge in [-0.1, -0.05) is 22.0 Å². The summed E-state index contributed by atoms with van der Waals surface area (Å²) in [5.74, 6) is 0.811. The van der Waals surface area contributed by atoms with Crippen LogP contribution in [0.1, 0.15) is 15.2 Å². The van der Waals surface area contributed by atoms with Crippen molar-refractivity contribution in [1.29, 1.82) is 0 Å². The zero-order valence-electron chi connectivity index (χ0n) is 10.7. The second-order valence-electron chi connectivity index (χ2n) is 4.09. The van der Waals surface area contributed by atoms with Gasteiger partial charge in [-0.25, -0.2) is 0 Å². The molecule has 0 spiro atoms. The van der Waals surface area contributed by atoms with E-state index < -0.39 is 0 Å². The van der Waals surface area contributed by atoms with Crippen molar-refractivity contribution < 1.29 is 9.53 Å². The zero-order valence-corrected chi connectivity index (χ0v) is 13.1. The van der Waals surface area contributed by atoms with Crippen LogP contribution in [-0.2, 0) is 6.54 Å². The van der Waals surface area contributed by atoms with Crippen molar-refractivity contribution in [3.8, 4) is 5.75 Å². The number of carbonyl (C=O) groups is 1. The minimum atomic E-state index is 0.0250. The predicted octanol–water partition coefficient (Wildman–Crippen LogP) is 3.79. The summed E-state index contributed by atoms with van der Waals surface area (Å²) in [4.78, 5) is 14.6. The average molecular weight is 340 g/mol. The molecule has 0 atom stereocenters. The Morgan fingerprint density at radius 1 is 1.42 bits per heavy atom. The molecular weight excluding hydrogens is 326 g/mol. The zero-order chi connectivity index (χ0) is 13.8. The van der Waals surface area contributed by atoms with E-state index in [4.69, 9.17) is 4.74 Å². The quantitative estimate of drug-likeness (QED) is 0.847. The van der Waals surface area contributed by atoms with E-state index in [2.05, 4.69) is 15.9 Å². The van der Waals surface area contributed by atoms with Gasteiger partial charge in [0, 0.05) is 23.6 Å². The Morgan fingerprint density at radius 2 is 2.21 bits per heavy atom. The third kappa shape index (κ3) is 3.36. The highest BCUT2D eigenvalue weighted by molar-refractivity contribution is 9.10. The van der Waals surface area contributed by atoms with Crippen LogP contribution >= 0.6 is 27.3 Å². The fourth-order valence-corrected chi connectivity index (χ4v) is 2.91. The SMILES string of the molecule is COc1ccc(Br)cc1CN(C)C(=O)c1cccs1. The maximum atomic E-state index is 12.2. The van der Waals surface area contributed by atoms with Crippen LogP contribution in [0, 0.1) is 0 Å². The van der Waals surface area contributed by atoms with Crippen molar-refractivity contribution in [2.45, 2.75) is 6.54 Å². The van der Waals surface area contributed by atoms with E-state index >= 15 is 0 Å². The number of nitrogens with zero attached hydrogens (tertiary/aromatic N) is 1. The van der Waals surface area contributed by atoms with E-state index in [-0.39, 0.29) is 5.91 Å². The lowest BCUT2D eigenvalue weighted by Crippen LogP contribution is -2.25. The molecule has 0 aliphatic carbocycles. The van der Waals surface area contributed by atoms with Crippen LogP contribution in [0.25, 0.3) is 0 Å². The third-order valence-corrected chi connectivity index (χ3v) is 4.08. The third-order valence-electron chi connectivity index (χ3n) is 2.73. The van der Waals surface area contributed by atoms with Gasteiger partial charge in [0.05, 0.1) is 12.0 Å². The highest BCUT2D eigenvalue weighted by Gasteiger charge is 2.15. The molecule has 2 rings (SSSR count). The molecule has 0 fully saturated rings. The first-order chi connectivity index (χ1) is 9.11. The summed E-state index contributed by atoms with van der Waals surface area (Å²) in [5.41, 5.74) is 0.976. The van der Waals surface area contributed by atoms with Gasteiger partial charge in [0.25, 0.3) is 5.91 Å². The molecule has 1 heterocycles. The van der Waals surface area contributed by atoms with Gasteiger partial charge in [-0.2, -0.15) is 0 Å². The molecule has 1 aromatic heterocycles. The first-order valence-electron chi connectivity index (χ1n) is 5.73. The molecule has 19 heavy (non-hydrogen) atoms. The second-order valence-corrected chi connectivity index (χ2v) is 5.96. The van der Waals surface area contributed by atoms with Crippen molar-refractivity contribution in [2.24, 2.45) is 0 Å². The van der Waals surface area contributed by atoms with Crippen molar-refractivity contribution >= 4 is 33.2 Å². The van der Waals surface area contributed by atoms with E-state index in [1.807, 2.05) is 35.7 Å². The first kappa shape index (κ1) is 14.1. The van der Waals surface area contributed by atoms with Crippen LogP contribution in [0.4, 0.5) is 0 Å². The van der Waals surface area contributed by atoms with Gasteiger partial charge in [-0.15, -0.1) is 11.3 Å². The van der Waals surface area contributed by atoms with E-state index in [0.29, 0.717) is 6.54 Å². The predicted molar refractivity (Wildman–Crippen MR) is 80.8 cm³/mol. The number of benzene rings is 1. The highest BCUT2D eigenvalue weighted by atomic mass is 79.9. The topological polar surface area (TPSA) is 29.5 Å². The molecule has 0 saturated heterocycles. The number of halogens is 1. The van der Waals surface area contributed by atoms with Gasteiger partial charge in [0.1, 0.15) is 5.75 Å². The number of ether oxygens (including phenoxy) is 1. The number of hydrogen-bond acceptors (Lipinski definition) is 3. The van der Waals surface area contributed by atoms with Crippen molar-refractivity contribution in [3.63, 3.8) is 0 Å². The number of methoxy groups -OCH3 is 1. The van der Waals surface area contributed by atoms with Gasteiger partial charge >= 0.3 is 0 Å².